The average molecular weight is 420 g/mol. The maximum Gasteiger partial charge on any atom is 0.255 e. The zero-order valence-electron chi connectivity index (χ0n) is 14.6. The predicted molar refractivity (Wildman–Crippen MR) is 112 cm³/mol. The molecule has 0 saturated carbocycles. The van der Waals surface area contributed by atoms with Gasteiger partial charge in [-0.2, -0.15) is 0 Å². The minimum Gasteiger partial charge on any atom is -0.342 e. The molecule has 0 aliphatic rings. The highest BCUT2D eigenvalue weighted by atomic mass is 79.9. The molecule has 4 rings (SSSR count). The zero-order chi connectivity index (χ0) is 18.6. The number of hydrogen-bond donors (Lipinski definition) is 2. The molecule has 0 bridgehead atoms. The standard InChI is InChI=1S/C22H18BrN3O/c23-17-9-7-16(8-10-17)22(27)24-18-11-12-19-20(14-18)26-21(25-19)13-6-15-4-2-1-3-5-15/h1-5,7-12,14H,6,13H2,(H,24,27)(H,25,26). The number of anilines is 1. The molecule has 4 nitrogen and oxygen atoms in total. The van der Waals surface area contributed by atoms with E-state index in [9.17, 15) is 4.79 Å². The van der Waals surface area contributed by atoms with Crippen molar-refractivity contribution in [1.29, 1.82) is 0 Å². The first kappa shape index (κ1) is 17.5. The number of nitrogens with zero attached hydrogens (tertiary/aromatic N) is 1. The highest BCUT2D eigenvalue weighted by Crippen LogP contribution is 2.19. The van der Waals surface area contributed by atoms with Gasteiger partial charge in [0.2, 0.25) is 0 Å². The number of aromatic nitrogens is 2. The van der Waals surface area contributed by atoms with E-state index < -0.39 is 0 Å². The summed E-state index contributed by atoms with van der Waals surface area (Å²) in [6, 6.07) is 23.4. The van der Waals surface area contributed by atoms with Crippen LogP contribution in [0.4, 0.5) is 5.69 Å². The van der Waals surface area contributed by atoms with Gasteiger partial charge in [-0.25, -0.2) is 4.98 Å². The van der Waals surface area contributed by atoms with Crippen LogP contribution in [0.25, 0.3) is 11.0 Å². The zero-order valence-corrected chi connectivity index (χ0v) is 16.2. The summed E-state index contributed by atoms with van der Waals surface area (Å²) in [5.41, 5.74) is 4.48. The van der Waals surface area contributed by atoms with Gasteiger partial charge in [0, 0.05) is 22.1 Å². The Bertz CT molecular complexity index is 1070. The number of carbonyl (C=O) groups is 1. The quantitative estimate of drug-likeness (QED) is 0.457. The number of rotatable bonds is 5. The minimum atomic E-state index is -0.134. The Morgan fingerprint density at radius 3 is 2.52 bits per heavy atom. The van der Waals surface area contributed by atoms with E-state index in [2.05, 4.69) is 43.3 Å². The molecule has 0 aliphatic heterocycles. The number of hydrogen-bond acceptors (Lipinski definition) is 2. The number of fused-ring (bicyclic) bond motifs is 1. The molecule has 0 aliphatic carbocycles. The van der Waals surface area contributed by atoms with E-state index in [0.717, 1.165) is 39.9 Å². The molecule has 0 saturated heterocycles. The predicted octanol–water partition coefficient (Wildman–Crippen LogP) is 5.36. The third-order valence-electron chi connectivity index (χ3n) is 4.39. The summed E-state index contributed by atoms with van der Waals surface area (Å²) < 4.78 is 0.945. The molecule has 4 aromatic rings. The van der Waals surface area contributed by atoms with Crippen LogP contribution in [-0.4, -0.2) is 15.9 Å². The van der Waals surface area contributed by atoms with Crippen LogP contribution in [0.3, 0.4) is 0 Å². The van der Waals surface area contributed by atoms with Crippen LogP contribution in [0.2, 0.25) is 0 Å². The number of carbonyl (C=O) groups excluding carboxylic acids is 1. The molecule has 1 amide bonds. The van der Waals surface area contributed by atoms with Crippen molar-refractivity contribution in [3.8, 4) is 0 Å². The second-order valence-corrected chi connectivity index (χ2v) is 7.28. The monoisotopic (exact) mass is 419 g/mol. The van der Waals surface area contributed by atoms with E-state index in [0.29, 0.717) is 5.56 Å². The molecule has 2 N–H and O–H groups in total. The molecule has 0 radical (unpaired) electrons. The third-order valence-corrected chi connectivity index (χ3v) is 4.92. The summed E-state index contributed by atoms with van der Waals surface area (Å²) in [6.07, 6.45) is 1.78. The van der Waals surface area contributed by atoms with Crippen molar-refractivity contribution in [2.75, 3.05) is 5.32 Å². The van der Waals surface area contributed by atoms with Crippen molar-refractivity contribution >= 4 is 38.6 Å². The normalized spacial score (nSPS) is 10.9. The van der Waals surface area contributed by atoms with E-state index >= 15 is 0 Å². The summed E-state index contributed by atoms with van der Waals surface area (Å²) >= 11 is 3.38. The van der Waals surface area contributed by atoms with E-state index in [1.165, 1.54) is 5.56 Å². The number of amides is 1. The lowest BCUT2D eigenvalue weighted by Crippen LogP contribution is -2.11. The van der Waals surface area contributed by atoms with Crippen molar-refractivity contribution in [3.05, 3.63) is 94.2 Å². The number of aryl methyl sites for hydroxylation is 2. The van der Waals surface area contributed by atoms with Crippen LogP contribution in [0.5, 0.6) is 0 Å². The van der Waals surface area contributed by atoms with Crippen LogP contribution >= 0.6 is 15.9 Å². The SMILES string of the molecule is O=C(Nc1ccc2nc(CCc3ccccc3)[nH]c2c1)c1ccc(Br)cc1. The lowest BCUT2D eigenvalue weighted by molar-refractivity contribution is 0.102. The van der Waals surface area contributed by atoms with E-state index in [1.54, 1.807) is 12.1 Å². The molecule has 134 valence electrons. The molecule has 0 atom stereocenters. The lowest BCUT2D eigenvalue weighted by Gasteiger charge is -2.05. The largest absolute Gasteiger partial charge is 0.342 e. The van der Waals surface area contributed by atoms with Crippen LogP contribution < -0.4 is 5.32 Å². The second kappa shape index (κ2) is 7.76. The molecule has 3 aromatic carbocycles. The number of halogens is 1. The van der Waals surface area contributed by atoms with Crippen molar-refractivity contribution in [1.82, 2.24) is 9.97 Å². The van der Waals surface area contributed by atoms with Gasteiger partial charge in [-0.1, -0.05) is 46.3 Å². The molecule has 27 heavy (non-hydrogen) atoms. The summed E-state index contributed by atoms with van der Waals surface area (Å²) in [6.45, 7) is 0. The lowest BCUT2D eigenvalue weighted by atomic mass is 10.1. The summed E-state index contributed by atoms with van der Waals surface area (Å²) in [7, 11) is 0. The summed E-state index contributed by atoms with van der Waals surface area (Å²) in [5, 5.41) is 2.93. The van der Waals surface area contributed by atoms with E-state index in [-0.39, 0.29) is 5.91 Å². The molecule has 0 unspecified atom stereocenters. The molecule has 0 spiro atoms. The number of H-pyrrole nitrogens is 1. The van der Waals surface area contributed by atoms with E-state index in [4.69, 9.17) is 0 Å². The number of aromatic amines is 1. The fourth-order valence-corrected chi connectivity index (χ4v) is 3.23. The van der Waals surface area contributed by atoms with Gasteiger partial charge in [-0.3, -0.25) is 4.79 Å². The number of nitrogens with one attached hydrogen (secondary N) is 2. The molecule has 1 aromatic heterocycles. The Hall–Kier alpha value is -2.92. The Kier molecular flexibility index (Phi) is 5.03. The van der Waals surface area contributed by atoms with Gasteiger partial charge in [0.25, 0.3) is 5.91 Å². The van der Waals surface area contributed by atoms with Crippen LogP contribution in [-0.2, 0) is 12.8 Å². The van der Waals surface area contributed by atoms with Crippen LogP contribution in [0.15, 0.2) is 77.3 Å². The van der Waals surface area contributed by atoms with E-state index in [1.807, 2.05) is 48.5 Å². The van der Waals surface area contributed by atoms with Gasteiger partial charge >= 0.3 is 0 Å². The molecule has 1 heterocycles. The first-order valence-electron chi connectivity index (χ1n) is 8.77. The molecular weight excluding hydrogens is 402 g/mol. The number of imidazole rings is 1. The maximum atomic E-state index is 12.4. The van der Waals surface area contributed by atoms with Crippen LogP contribution in [0.1, 0.15) is 21.7 Å². The Labute approximate surface area is 165 Å². The Balaban J connectivity index is 1.47. The fraction of sp³-hybridized carbons (Fsp3) is 0.0909. The van der Waals surface area contributed by atoms with Gasteiger partial charge in [0.1, 0.15) is 5.82 Å². The topological polar surface area (TPSA) is 57.8 Å². The molecule has 5 heteroatoms. The molecular formula is C22H18BrN3O. The van der Waals surface area contributed by atoms with Crippen molar-refractivity contribution < 1.29 is 4.79 Å². The summed E-state index contributed by atoms with van der Waals surface area (Å²) in [4.78, 5) is 20.4. The van der Waals surface area contributed by atoms with Crippen molar-refractivity contribution in [2.45, 2.75) is 12.8 Å². The Morgan fingerprint density at radius 1 is 0.963 bits per heavy atom. The fourth-order valence-electron chi connectivity index (χ4n) is 2.97. The van der Waals surface area contributed by atoms with Crippen molar-refractivity contribution in [3.63, 3.8) is 0 Å². The van der Waals surface area contributed by atoms with Gasteiger partial charge in [0.15, 0.2) is 0 Å². The summed E-state index contributed by atoms with van der Waals surface area (Å²) in [5.74, 6) is 0.816. The van der Waals surface area contributed by atoms with Gasteiger partial charge < -0.3 is 10.3 Å². The number of benzene rings is 3. The Morgan fingerprint density at radius 2 is 1.74 bits per heavy atom. The average Bonchev–Trinajstić information content (AvgIpc) is 3.10. The van der Waals surface area contributed by atoms with Gasteiger partial charge in [0.05, 0.1) is 11.0 Å². The van der Waals surface area contributed by atoms with Crippen LogP contribution in [0, 0.1) is 0 Å². The van der Waals surface area contributed by atoms with Crippen molar-refractivity contribution in [2.24, 2.45) is 0 Å². The first-order valence-corrected chi connectivity index (χ1v) is 9.56. The first-order chi connectivity index (χ1) is 13.2. The van der Waals surface area contributed by atoms with Gasteiger partial charge in [-0.05, 0) is 54.4 Å². The highest BCUT2D eigenvalue weighted by Gasteiger charge is 2.08. The maximum absolute atomic E-state index is 12.4. The second-order valence-electron chi connectivity index (χ2n) is 6.36. The molecule has 0 fully saturated rings. The van der Waals surface area contributed by atoms with Gasteiger partial charge in [-0.15, -0.1) is 0 Å². The minimum absolute atomic E-state index is 0.134. The third kappa shape index (κ3) is 4.26. The smallest absolute Gasteiger partial charge is 0.255 e. The highest BCUT2D eigenvalue weighted by molar-refractivity contribution is 9.10.